The number of amides is 1. The number of nitrogens with one attached hydrogen (secondary N) is 1. The van der Waals surface area contributed by atoms with Crippen molar-refractivity contribution in [2.75, 3.05) is 19.8 Å². The number of hydrogen-bond acceptors (Lipinski definition) is 4. The van der Waals surface area contributed by atoms with Crippen molar-refractivity contribution in [1.82, 2.24) is 14.8 Å². The van der Waals surface area contributed by atoms with E-state index in [2.05, 4.69) is 5.32 Å². The van der Waals surface area contributed by atoms with Gasteiger partial charge in [0.05, 0.1) is 12.2 Å². The van der Waals surface area contributed by atoms with E-state index in [0.717, 1.165) is 17.4 Å². The van der Waals surface area contributed by atoms with Crippen LogP contribution in [-0.4, -0.2) is 52.0 Å². The molecule has 1 saturated heterocycles. The number of ether oxygens (including phenoxy) is 1. The van der Waals surface area contributed by atoms with E-state index in [-0.39, 0.29) is 12.0 Å². The predicted molar refractivity (Wildman–Crippen MR) is 98.2 cm³/mol. The molecule has 0 bridgehead atoms. The van der Waals surface area contributed by atoms with Crippen LogP contribution in [0, 0.1) is 5.92 Å². The Kier molecular flexibility index (Phi) is 4.91. The van der Waals surface area contributed by atoms with E-state index in [1.807, 2.05) is 49.6 Å². The number of rotatable bonds is 3. The first-order valence-corrected chi connectivity index (χ1v) is 8.74. The lowest BCUT2D eigenvalue weighted by molar-refractivity contribution is 0.0144. The highest BCUT2D eigenvalue weighted by Crippen LogP contribution is 2.23. The van der Waals surface area contributed by atoms with Crippen molar-refractivity contribution >= 4 is 23.0 Å². The minimum absolute atomic E-state index is 0.161. The van der Waals surface area contributed by atoms with Crippen molar-refractivity contribution in [3.8, 4) is 0 Å². The summed E-state index contributed by atoms with van der Waals surface area (Å²) in [4.78, 5) is 25.5. The fourth-order valence-corrected chi connectivity index (χ4v) is 3.28. The second-order valence-electron chi connectivity index (χ2n) is 7.70. The van der Waals surface area contributed by atoms with E-state index in [9.17, 15) is 14.7 Å². The number of aromatic nitrogens is 1. The molecule has 1 aliphatic heterocycles. The Bertz CT molecular complexity index is 822. The van der Waals surface area contributed by atoms with Gasteiger partial charge in [0.1, 0.15) is 5.60 Å². The van der Waals surface area contributed by atoms with Crippen LogP contribution in [0.2, 0.25) is 0 Å². The molecule has 1 atom stereocenters. The molecule has 2 heterocycles. The molecule has 7 heteroatoms. The third-order valence-electron chi connectivity index (χ3n) is 4.34. The number of hydrogen-bond donors (Lipinski definition) is 2. The maximum Gasteiger partial charge on any atom is 0.411 e. The number of carbonyl (C=O) groups excluding carboxylic acids is 1. The van der Waals surface area contributed by atoms with Crippen LogP contribution in [0.15, 0.2) is 30.5 Å². The fourth-order valence-electron chi connectivity index (χ4n) is 3.28. The lowest BCUT2D eigenvalue weighted by atomic mass is 10.1. The number of carboxylic acid groups (broad SMARTS) is 1. The summed E-state index contributed by atoms with van der Waals surface area (Å²) in [7, 11) is 0. The molecule has 1 fully saturated rings. The first-order chi connectivity index (χ1) is 12.2. The number of benzene rings is 1. The van der Waals surface area contributed by atoms with Gasteiger partial charge in [-0.25, -0.2) is 9.59 Å². The van der Waals surface area contributed by atoms with Crippen LogP contribution in [0.4, 0.5) is 4.79 Å². The van der Waals surface area contributed by atoms with Crippen LogP contribution in [0.3, 0.4) is 0 Å². The van der Waals surface area contributed by atoms with Gasteiger partial charge in [-0.2, -0.15) is 0 Å². The van der Waals surface area contributed by atoms with Gasteiger partial charge >= 0.3 is 12.1 Å². The minimum atomic E-state index is -0.933. The van der Waals surface area contributed by atoms with Crippen molar-refractivity contribution < 1.29 is 19.4 Å². The van der Waals surface area contributed by atoms with Crippen LogP contribution < -0.4 is 5.32 Å². The summed E-state index contributed by atoms with van der Waals surface area (Å²) in [6.07, 6.45) is 1.35. The Morgan fingerprint density at radius 1 is 1.31 bits per heavy atom. The van der Waals surface area contributed by atoms with E-state index < -0.39 is 11.6 Å². The van der Waals surface area contributed by atoms with Crippen molar-refractivity contribution in [3.05, 3.63) is 36.0 Å². The highest BCUT2D eigenvalue weighted by molar-refractivity contribution is 6.03. The van der Waals surface area contributed by atoms with E-state index in [4.69, 9.17) is 4.74 Å². The summed E-state index contributed by atoms with van der Waals surface area (Å²) in [5.74, 6) is -0.772. The van der Waals surface area contributed by atoms with Crippen molar-refractivity contribution in [3.63, 3.8) is 0 Å². The fraction of sp³-hybridized carbons (Fsp3) is 0.474. The molecule has 0 aliphatic carbocycles. The Labute approximate surface area is 152 Å². The van der Waals surface area contributed by atoms with Gasteiger partial charge < -0.3 is 14.4 Å². The van der Waals surface area contributed by atoms with Crippen LogP contribution in [-0.2, 0) is 11.3 Å². The minimum Gasteiger partial charge on any atom is -0.478 e. The second-order valence-corrected chi connectivity index (χ2v) is 7.70. The Balaban J connectivity index is 1.76. The molecule has 2 aromatic rings. The molecule has 3 rings (SSSR count). The standard InChI is InChI=1S/C19H25N3O4/c1-19(2,3)26-18(25)22-10-13(8-20-12-22)9-21-11-15(17(23)24)14-6-4-5-7-16(14)21/h4-7,11,13,20H,8-10,12H2,1-3H3,(H,23,24). The molecule has 1 aromatic carbocycles. The smallest absolute Gasteiger partial charge is 0.411 e. The molecule has 1 aliphatic rings. The summed E-state index contributed by atoms with van der Waals surface area (Å²) in [6.45, 7) is 7.95. The zero-order chi connectivity index (χ0) is 18.9. The molecule has 26 heavy (non-hydrogen) atoms. The van der Waals surface area contributed by atoms with E-state index >= 15 is 0 Å². The van der Waals surface area contributed by atoms with Crippen LogP contribution >= 0.6 is 0 Å². The summed E-state index contributed by atoms with van der Waals surface area (Å²) < 4.78 is 7.41. The second kappa shape index (κ2) is 6.99. The Morgan fingerprint density at radius 2 is 2.04 bits per heavy atom. The molecule has 2 N–H and O–H groups in total. The lowest BCUT2D eigenvalue weighted by Gasteiger charge is -2.34. The molecule has 140 valence electrons. The topological polar surface area (TPSA) is 83.8 Å². The zero-order valence-corrected chi connectivity index (χ0v) is 15.4. The monoisotopic (exact) mass is 359 g/mol. The van der Waals surface area contributed by atoms with E-state index in [1.54, 1.807) is 11.1 Å². The van der Waals surface area contributed by atoms with Crippen molar-refractivity contribution in [2.45, 2.75) is 32.9 Å². The highest BCUT2D eigenvalue weighted by Gasteiger charge is 2.28. The number of para-hydroxylation sites is 1. The normalized spacial score (nSPS) is 18.1. The lowest BCUT2D eigenvalue weighted by Crippen LogP contribution is -2.51. The Morgan fingerprint density at radius 3 is 2.73 bits per heavy atom. The van der Waals surface area contributed by atoms with Crippen molar-refractivity contribution in [1.29, 1.82) is 0 Å². The summed E-state index contributed by atoms with van der Waals surface area (Å²) in [6, 6.07) is 7.48. The summed E-state index contributed by atoms with van der Waals surface area (Å²) >= 11 is 0. The maximum absolute atomic E-state index is 12.3. The molecule has 1 aromatic heterocycles. The third-order valence-corrected chi connectivity index (χ3v) is 4.34. The molecule has 1 unspecified atom stereocenters. The molecule has 0 saturated carbocycles. The predicted octanol–water partition coefficient (Wildman–Crippen LogP) is 2.75. The number of fused-ring (bicyclic) bond motifs is 1. The molecule has 0 spiro atoms. The largest absolute Gasteiger partial charge is 0.478 e. The zero-order valence-electron chi connectivity index (χ0n) is 15.4. The van der Waals surface area contributed by atoms with Gasteiger partial charge in [-0.1, -0.05) is 18.2 Å². The van der Waals surface area contributed by atoms with Gasteiger partial charge in [-0.15, -0.1) is 0 Å². The quantitative estimate of drug-likeness (QED) is 0.880. The molecular formula is C19H25N3O4. The molecule has 0 radical (unpaired) electrons. The maximum atomic E-state index is 12.3. The van der Waals surface area contributed by atoms with Gasteiger partial charge in [0.25, 0.3) is 0 Å². The third kappa shape index (κ3) is 3.99. The number of carbonyl (C=O) groups is 2. The van der Waals surface area contributed by atoms with Gasteiger partial charge in [-0.3, -0.25) is 10.2 Å². The molecule has 7 nitrogen and oxygen atoms in total. The first-order valence-electron chi connectivity index (χ1n) is 8.74. The first kappa shape index (κ1) is 18.3. The van der Waals surface area contributed by atoms with Gasteiger partial charge in [0, 0.05) is 42.7 Å². The average Bonchev–Trinajstić information content (AvgIpc) is 2.93. The van der Waals surface area contributed by atoms with Gasteiger partial charge in [-0.05, 0) is 26.8 Å². The van der Waals surface area contributed by atoms with E-state index in [0.29, 0.717) is 25.3 Å². The summed E-state index contributed by atoms with van der Waals surface area (Å²) in [5.41, 5.74) is 0.657. The van der Waals surface area contributed by atoms with Crippen LogP contribution in [0.25, 0.3) is 10.9 Å². The van der Waals surface area contributed by atoms with Crippen molar-refractivity contribution in [2.24, 2.45) is 5.92 Å². The van der Waals surface area contributed by atoms with E-state index in [1.165, 1.54) is 0 Å². The Hall–Kier alpha value is -2.54. The van der Waals surface area contributed by atoms with Crippen LogP contribution in [0.1, 0.15) is 31.1 Å². The average molecular weight is 359 g/mol. The molecular weight excluding hydrogens is 334 g/mol. The molecule has 1 amide bonds. The number of carboxylic acids is 1. The highest BCUT2D eigenvalue weighted by atomic mass is 16.6. The van der Waals surface area contributed by atoms with Gasteiger partial charge in [0.2, 0.25) is 0 Å². The number of nitrogens with zero attached hydrogens (tertiary/aromatic N) is 2. The summed E-state index contributed by atoms with van der Waals surface area (Å²) in [5, 5.41) is 13.4. The van der Waals surface area contributed by atoms with Crippen LogP contribution in [0.5, 0.6) is 0 Å². The SMILES string of the molecule is CC(C)(C)OC(=O)N1CNCC(Cn2cc(C(=O)O)c3ccccc32)C1. The number of aromatic carboxylic acids is 1. The van der Waals surface area contributed by atoms with Gasteiger partial charge in [0.15, 0.2) is 0 Å².